The quantitative estimate of drug-likeness (QED) is 0.768. The molecule has 0 spiro atoms. The fourth-order valence-corrected chi connectivity index (χ4v) is 2.69. The van der Waals surface area contributed by atoms with Crippen molar-refractivity contribution in [3.05, 3.63) is 62.5 Å². The second kappa shape index (κ2) is 7.25. The first-order chi connectivity index (χ1) is 9.54. The predicted molar refractivity (Wildman–Crippen MR) is 90.0 cm³/mol. The molecule has 2 nitrogen and oxygen atoms in total. The minimum Gasteiger partial charge on any atom is -0.507 e. The third-order valence-electron chi connectivity index (χ3n) is 3.12. The lowest BCUT2D eigenvalue weighted by Crippen LogP contribution is -2.27. The fourth-order valence-electron chi connectivity index (χ4n) is 2.00. The van der Waals surface area contributed by atoms with E-state index in [1.165, 1.54) is 5.56 Å². The van der Waals surface area contributed by atoms with Crippen molar-refractivity contribution in [1.29, 1.82) is 0 Å². The van der Waals surface area contributed by atoms with Crippen molar-refractivity contribution in [2.75, 3.05) is 0 Å². The minimum atomic E-state index is 0.275. The van der Waals surface area contributed by atoms with Crippen LogP contribution in [0.2, 0.25) is 0 Å². The van der Waals surface area contributed by atoms with Gasteiger partial charge in [-0.1, -0.05) is 34.1 Å². The molecule has 0 saturated heterocycles. The van der Waals surface area contributed by atoms with Crippen LogP contribution in [0.15, 0.2) is 51.4 Å². The normalized spacial score (nSPS) is 12.3. The second-order valence-corrected chi connectivity index (χ2v) is 6.67. The van der Waals surface area contributed by atoms with E-state index < -0.39 is 0 Å². The number of halogens is 2. The highest BCUT2D eigenvalue weighted by molar-refractivity contribution is 9.10. The van der Waals surface area contributed by atoms with Gasteiger partial charge < -0.3 is 10.4 Å². The number of nitrogens with one attached hydrogen (secondary N) is 1. The average molecular weight is 399 g/mol. The highest BCUT2D eigenvalue weighted by Gasteiger charge is 2.05. The summed E-state index contributed by atoms with van der Waals surface area (Å²) in [5.74, 6) is 0.275. The summed E-state index contributed by atoms with van der Waals surface area (Å²) in [5.41, 5.74) is 2.47. The van der Waals surface area contributed by atoms with Gasteiger partial charge >= 0.3 is 0 Å². The maximum Gasteiger partial charge on any atom is 0.129 e. The molecule has 2 aromatic rings. The van der Waals surface area contributed by atoms with Gasteiger partial charge in [-0.25, -0.2) is 0 Å². The summed E-state index contributed by atoms with van der Waals surface area (Å²) in [5, 5.41) is 13.0. The van der Waals surface area contributed by atoms with Gasteiger partial charge in [-0.15, -0.1) is 0 Å². The lowest BCUT2D eigenvalue weighted by Gasteiger charge is -2.14. The molecular weight excluding hydrogens is 382 g/mol. The summed E-state index contributed by atoms with van der Waals surface area (Å²) >= 11 is 6.78. The molecule has 4 heteroatoms. The largest absolute Gasteiger partial charge is 0.507 e. The van der Waals surface area contributed by atoms with Crippen LogP contribution in [0.25, 0.3) is 0 Å². The van der Waals surface area contributed by atoms with Crippen LogP contribution in [0.3, 0.4) is 0 Å². The van der Waals surface area contributed by atoms with Crippen molar-refractivity contribution in [2.45, 2.75) is 25.9 Å². The number of rotatable bonds is 5. The predicted octanol–water partition coefficient (Wildman–Crippen LogP) is 4.64. The molecule has 106 valence electrons. The molecule has 1 unspecified atom stereocenters. The van der Waals surface area contributed by atoms with Gasteiger partial charge in [-0.3, -0.25) is 0 Å². The van der Waals surface area contributed by atoms with Gasteiger partial charge in [-0.2, -0.15) is 0 Å². The Balaban J connectivity index is 1.86. The van der Waals surface area contributed by atoms with Gasteiger partial charge in [0.15, 0.2) is 0 Å². The Kier molecular flexibility index (Phi) is 5.64. The van der Waals surface area contributed by atoms with Crippen molar-refractivity contribution in [3.63, 3.8) is 0 Å². The molecule has 2 aromatic carbocycles. The third kappa shape index (κ3) is 4.62. The van der Waals surface area contributed by atoms with Crippen LogP contribution >= 0.6 is 31.9 Å². The van der Waals surface area contributed by atoms with Crippen molar-refractivity contribution in [3.8, 4) is 5.75 Å². The highest BCUT2D eigenvalue weighted by Crippen LogP contribution is 2.24. The number of hydrogen-bond acceptors (Lipinski definition) is 2. The van der Waals surface area contributed by atoms with Crippen LogP contribution in [0.5, 0.6) is 5.75 Å². The summed E-state index contributed by atoms with van der Waals surface area (Å²) in [4.78, 5) is 0. The van der Waals surface area contributed by atoms with E-state index in [-0.39, 0.29) is 5.75 Å². The summed E-state index contributed by atoms with van der Waals surface area (Å²) in [6, 6.07) is 14.4. The van der Waals surface area contributed by atoms with Gasteiger partial charge in [0.2, 0.25) is 0 Å². The Hall–Kier alpha value is -0.840. The van der Waals surface area contributed by atoms with Crippen LogP contribution in [0, 0.1) is 0 Å². The molecule has 0 bridgehead atoms. The molecule has 1 atom stereocenters. The summed E-state index contributed by atoms with van der Waals surface area (Å²) in [6.45, 7) is 2.97. The van der Waals surface area contributed by atoms with Gasteiger partial charge in [0.1, 0.15) is 5.75 Å². The zero-order chi connectivity index (χ0) is 14.5. The first kappa shape index (κ1) is 15.5. The Morgan fingerprint density at radius 2 is 1.70 bits per heavy atom. The van der Waals surface area contributed by atoms with E-state index in [0.717, 1.165) is 27.5 Å². The Bertz CT molecular complexity index is 569. The summed E-state index contributed by atoms with van der Waals surface area (Å²) in [6.07, 6.45) is 0.993. The van der Waals surface area contributed by atoms with Crippen molar-refractivity contribution >= 4 is 31.9 Å². The second-order valence-electron chi connectivity index (χ2n) is 4.90. The molecule has 0 aliphatic heterocycles. The van der Waals surface area contributed by atoms with Gasteiger partial charge in [0.25, 0.3) is 0 Å². The van der Waals surface area contributed by atoms with Gasteiger partial charge in [0, 0.05) is 17.1 Å². The van der Waals surface area contributed by atoms with Crippen molar-refractivity contribution < 1.29 is 5.11 Å². The van der Waals surface area contributed by atoms with Crippen LogP contribution < -0.4 is 5.32 Å². The lowest BCUT2D eigenvalue weighted by molar-refractivity contribution is 0.471. The molecule has 0 saturated carbocycles. The van der Waals surface area contributed by atoms with E-state index in [1.54, 1.807) is 6.07 Å². The molecule has 0 fully saturated rings. The summed E-state index contributed by atoms with van der Waals surface area (Å²) < 4.78 is 1.84. The minimum absolute atomic E-state index is 0.275. The number of aromatic hydroxyl groups is 1. The van der Waals surface area contributed by atoms with Crippen LogP contribution in [0.1, 0.15) is 18.1 Å². The molecule has 0 amide bonds. The standard InChI is InChI=1S/C16H17Br2NO/c1-11(8-12-2-5-14(17)6-3-12)19-10-13-4-7-16(20)15(18)9-13/h2-7,9,11,19-20H,8,10H2,1H3. The zero-order valence-electron chi connectivity index (χ0n) is 11.2. The molecule has 20 heavy (non-hydrogen) atoms. The maximum absolute atomic E-state index is 9.47. The number of hydrogen-bond donors (Lipinski definition) is 2. The molecule has 0 aliphatic rings. The third-order valence-corrected chi connectivity index (χ3v) is 4.29. The molecule has 2 rings (SSSR count). The van der Waals surface area contributed by atoms with Gasteiger partial charge in [-0.05, 0) is 64.7 Å². The lowest BCUT2D eigenvalue weighted by atomic mass is 10.1. The maximum atomic E-state index is 9.47. The van der Waals surface area contributed by atoms with Crippen LogP contribution in [-0.2, 0) is 13.0 Å². The SMILES string of the molecule is CC(Cc1ccc(Br)cc1)NCc1ccc(O)c(Br)c1. The summed E-state index contributed by atoms with van der Waals surface area (Å²) in [7, 11) is 0. The highest BCUT2D eigenvalue weighted by atomic mass is 79.9. The van der Waals surface area contributed by atoms with E-state index in [1.807, 2.05) is 12.1 Å². The number of phenols is 1. The van der Waals surface area contributed by atoms with E-state index in [9.17, 15) is 5.11 Å². The van der Waals surface area contributed by atoms with Crippen molar-refractivity contribution in [1.82, 2.24) is 5.32 Å². The van der Waals surface area contributed by atoms with Gasteiger partial charge in [0.05, 0.1) is 4.47 Å². The van der Waals surface area contributed by atoms with E-state index in [0.29, 0.717) is 6.04 Å². The van der Waals surface area contributed by atoms with Crippen LogP contribution in [-0.4, -0.2) is 11.1 Å². The van der Waals surface area contributed by atoms with Crippen LogP contribution in [0.4, 0.5) is 0 Å². The topological polar surface area (TPSA) is 32.3 Å². The first-order valence-corrected chi connectivity index (χ1v) is 8.08. The molecule has 0 aliphatic carbocycles. The molecule has 0 aromatic heterocycles. The van der Waals surface area contributed by atoms with E-state index in [2.05, 4.69) is 68.4 Å². The van der Waals surface area contributed by atoms with E-state index >= 15 is 0 Å². The Morgan fingerprint density at radius 3 is 2.35 bits per heavy atom. The molecular formula is C16H17Br2NO. The Labute approximate surface area is 136 Å². The van der Waals surface area contributed by atoms with E-state index in [4.69, 9.17) is 0 Å². The monoisotopic (exact) mass is 397 g/mol. The molecule has 2 N–H and O–H groups in total. The fraction of sp³-hybridized carbons (Fsp3) is 0.250. The first-order valence-electron chi connectivity index (χ1n) is 6.50. The zero-order valence-corrected chi connectivity index (χ0v) is 14.4. The van der Waals surface area contributed by atoms with Crippen molar-refractivity contribution in [2.24, 2.45) is 0 Å². The Morgan fingerprint density at radius 1 is 1.05 bits per heavy atom. The molecule has 0 heterocycles. The molecule has 0 radical (unpaired) electrons. The number of phenolic OH excluding ortho intramolecular Hbond substituents is 1. The average Bonchev–Trinajstić information content (AvgIpc) is 2.43. The smallest absolute Gasteiger partial charge is 0.129 e. The number of benzene rings is 2.